The average Bonchev–Trinajstić information content (AvgIpc) is 3.74. The highest BCUT2D eigenvalue weighted by atomic mass is 19.1. The first kappa shape index (κ1) is 25.8. The number of pyridine rings is 1. The predicted molar refractivity (Wildman–Crippen MR) is 137 cm³/mol. The molecule has 1 saturated carbocycles. The van der Waals surface area contributed by atoms with Gasteiger partial charge in [0.25, 0.3) is 5.91 Å². The van der Waals surface area contributed by atoms with Gasteiger partial charge in [-0.25, -0.2) is 22.9 Å². The first-order chi connectivity index (χ1) is 18.7. The van der Waals surface area contributed by atoms with E-state index in [1.165, 1.54) is 24.4 Å². The minimum absolute atomic E-state index is 0.00641. The van der Waals surface area contributed by atoms with Crippen LogP contribution in [0.3, 0.4) is 0 Å². The van der Waals surface area contributed by atoms with E-state index in [0.717, 1.165) is 49.1 Å². The van der Waals surface area contributed by atoms with Crippen LogP contribution in [0.2, 0.25) is 0 Å². The maximum absolute atomic E-state index is 15.9. The fourth-order valence-corrected chi connectivity index (χ4v) is 4.42. The smallest absolute Gasteiger partial charge is 0.334 e. The van der Waals surface area contributed by atoms with Crippen LogP contribution in [0.1, 0.15) is 34.3 Å². The van der Waals surface area contributed by atoms with Gasteiger partial charge >= 0.3 is 6.03 Å². The van der Waals surface area contributed by atoms with Crippen LogP contribution in [0, 0.1) is 22.9 Å². The second-order valence-corrected chi connectivity index (χ2v) is 8.92. The Hall–Kier alpha value is -4.81. The summed E-state index contributed by atoms with van der Waals surface area (Å²) in [5.41, 5.74) is 4.62. The third-order valence-corrected chi connectivity index (χ3v) is 6.51. The summed E-state index contributed by atoms with van der Waals surface area (Å²) in [5.74, 6) is -5.02. The number of anilines is 4. The van der Waals surface area contributed by atoms with Crippen LogP contribution in [-0.4, -0.2) is 43.4 Å². The van der Waals surface area contributed by atoms with Crippen molar-refractivity contribution in [1.82, 2.24) is 10.3 Å². The molecular formula is C26H23F3N6O4. The number of fused-ring (bicyclic) bond motifs is 1. The van der Waals surface area contributed by atoms with Gasteiger partial charge in [0.05, 0.1) is 43.3 Å². The Morgan fingerprint density at radius 1 is 1.13 bits per heavy atom. The standard InChI is InChI=1S/C26H23F3N6O4/c1-38-17-8-18(39-2)21(29)23(20(17)28)34-11-12-10-32-24(31)15(9-30)22(12)35(26(34)37)16-5-3-4-14(19(16)27)25(36)33-13-6-7-13/h3-5,8-10,13,30H,6-7,11H2,1-2H3,(H2,31,32)(H,33,36). The number of aromatic nitrogens is 1. The molecule has 0 bridgehead atoms. The topological polar surface area (TPSA) is 134 Å². The molecule has 0 radical (unpaired) electrons. The zero-order valence-electron chi connectivity index (χ0n) is 20.8. The molecule has 2 heterocycles. The number of urea groups is 1. The molecule has 1 aliphatic carbocycles. The molecule has 2 aliphatic rings. The SMILES string of the molecule is COc1cc(OC)c(F)c(N2Cc3cnc(N)c(C=N)c3N(c3cccc(C(=O)NC4CC4)c3F)C2=O)c1F. The van der Waals surface area contributed by atoms with Gasteiger partial charge in [-0.05, 0) is 25.0 Å². The number of nitrogens with one attached hydrogen (secondary N) is 2. The van der Waals surface area contributed by atoms with Gasteiger partial charge in [0.1, 0.15) is 11.5 Å². The monoisotopic (exact) mass is 540 g/mol. The van der Waals surface area contributed by atoms with Crippen molar-refractivity contribution in [3.63, 3.8) is 0 Å². The molecule has 2 aromatic carbocycles. The largest absolute Gasteiger partial charge is 0.493 e. The molecule has 4 N–H and O–H groups in total. The summed E-state index contributed by atoms with van der Waals surface area (Å²) < 4.78 is 56.9. The van der Waals surface area contributed by atoms with Crippen molar-refractivity contribution in [3.8, 4) is 11.5 Å². The summed E-state index contributed by atoms with van der Waals surface area (Å²) in [6, 6.07) is 3.72. The number of methoxy groups -OCH3 is 2. The molecule has 1 aromatic heterocycles. The number of nitrogen functional groups attached to an aromatic ring is 1. The van der Waals surface area contributed by atoms with Crippen molar-refractivity contribution in [2.24, 2.45) is 0 Å². The van der Waals surface area contributed by atoms with Crippen LogP contribution < -0.4 is 30.3 Å². The van der Waals surface area contributed by atoms with Gasteiger partial charge < -0.3 is 25.9 Å². The molecule has 3 amide bonds. The van der Waals surface area contributed by atoms with Crippen LogP contribution in [-0.2, 0) is 6.54 Å². The van der Waals surface area contributed by atoms with E-state index in [9.17, 15) is 9.59 Å². The van der Waals surface area contributed by atoms with E-state index in [1.54, 1.807) is 0 Å². The van der Waals surface area contributed by atoms with Gasteiger partial charge in [-0.1, -0.05) is 6.07 Å². The summed E-state index contributed by atoms with van der Waals surface area (Å²) in [5, 5.41) is 10.6. The number of amides is 3. The molecule has 0 saturated heterocycles. The molecule has 5 rings (SSSR count). The van der Waals surface area contributed by atoms with Crippen LogP contribution in [0.4, 0.5) is 40.8 Å². The lowest BCUT2D eigenvalue weighted by molar-refractivity contribution is 0.0947. The summed E-state index contributed by atoms with van der Waals surface area (Å²) >= 11 is 0. The molecule has 0 spiro atoms. The average molecular weight is 541 g/mol. The summed E-state index contributed by atoms with van der Waals surface area (Å²) in [6.07, 6.45) is 3.65. The highest BCUT2D eigenvalue weighted by Gasteiger charge is 2.40. The van der Waals surface area contributed by atoms with Crippen molar-refractivity contribution in [3.05, 3.63) is 64.6 Å². The number of nitrogens with zero attached hydrogens (tertiary/aromatic N) is 3. The lowest BCUT2D eigenvalue weighted by Crippen LogP contribution is -2.47. The van der Waals surface area contributed by atoms with E-state index >= 15 is 13.2 Å². The maximum atomic E-state index is 15.9. The number of hydrogen-bond donors (Lipinski definition) is 3. The second kappa shape index (κ2) is 9.82. The van der Waals surface area contributed by atoms with Gasteiger partial charge in [0.15, 0.2) is 29.0 Å². The van der Waals surface area contributed by atoms with Crippen LogP contribution >= 0.6 is 0 Å². The lowest BCUT2D eigenvalue weighted by Gasteiger charge is -2.38. The number of benzene rings is 2. The van der Waals surface area contributed by atoms with E-state index < -0.39 is 58.8 Å². The zero-order valence-corrected chi connectivity index (χ0v) is 20.8. The number of halogens is 3. The highest BCUT2D eigenvalue weighted by Crippen LogP contribution is 2.44. The Bertz CT molecular complexity index is 1500. The first-order valence-corrected chi connectivity index (χ1v) is 11.8. The number of rotatable bonds is 7. The minimum Gasteiger partial charge on any atom is -0.493 e. The maximum Gasteiger partial charge on any atom is 0.334 e. The Morgan fingerprint density at radius 3 is 2.38 bits per heavy atom. The third-order valence-electron chi connectivity index (χ3n) is 6.51. The van der Waals surface area contributed by atoms with Crippen LogP contribution in [0.25, 0.3) is 0 Å². The number of carbonyl (C=O) groups excluding carboxylic acids is 2. The lowest BCUT2D eigenvalue weighted by atomic mass is 10.0. The van der Waals surface area contributed by atoms with Crippen molar-refractivity contribution >= 4 is 41.0 Å². The van der Waals surface area contributed by atoms with Crippen LogP contribution in [0.5, 0.6) is 11.5 Å². The third kappa shape index (κ3) is 4.25. The predicted octanol–water partition coefficient (Wildman–Crippen LogP) is 4.27. The fourth-order valence-electron chi connectivity index (χ4n) is 4.42. The second-order valence-electron chi connectivity index (χ2n) is 8.92. The Balaban J connectivity index is 1.74. The van der Waals surface area contributed by atoms with E-state index in [0.29, 0.717) is 0 Å². The quantitative estimate of drug-likeness (QED) is 0.384. The molecule has 39 heavy (non-hydrogen) atoms. The van der Waals surface area contributed by atoms with E-state index in [2.05, 4.69) is 10.3 Å². The van der Waals surface area contributed by atoms with Crippen LogP contribution in [0.15, 0.2) is 30.5 Å². The molecule has 10 nitrogen and oxygen atoms in total. The number of nitrogens with two attached hydrogens (primary N) is 1. The molecule has 202 valence electrons. The molecular weight excluding hydrogens is 517 g/mol. The zero-order chi connectivity index (χ0) is 28.0. The fraction of sp³-hybridized carbons (Fsp3) is 0.231. The highest BCUT2D eigenvalue weighted by molar-refractivity contribution is 6.15. The first-order valence-electron chi connectivity index (χ1n) is 11.8. The van der Waals surface area contributed by atoms with Crippen molar-refractivity contribution in [1.29, 1.82) is 5.41 Å². The van der Waals surface area contributed by atoms with E-state index in [4.69, 9.17) is 20.6 Å². The molecule has 1 aliphatic heterocycles. The summed E-state index contributed by atoms with van der Waals surface area (Å²) in [4.78, 5) is 32.3. The number of ether oxygens (including phenoxy) is 2. The van der Waals surface area contributed by atoms with E-state index in [-0.39, 0.29) is 34.2 Å². The summed E-state index contributed by atoms with van der Waals surface area (Å²) in [6.45, 7) is -0.410. The Kier molecular flexibility index (Phi) is 6.50. The van der Waals surface area contributed by atoms with Crippen molar-refractivity contribution < 1.29 is 32.2 Å². The molecule has 0 unspecified atom stereocenters. The molecule has 0 atom stereocenters. The van der Waals surface area contributed by atoms with E-state index in [1.807, 2.05) is 0 Å². The Morgan fingerprint density at radius 2 is 1.79 bits per heavy atom. The van der Waals surface area contributed by atoms with Gasteiger partial charge in [0, 0.05) is 30.1 Å². The Labute approximate surface area is 220 Å². The molecule has 3 aromatic rings. The minimum atomic E-state index is -1.19. The summed E-state index contributed by atoms with van der Waals surface area (Å²) in [7, 11) is 2.32. The normalized spacial score (nSPS) is 14.6. The molecule has 13 heteroatoms. The number of hydrogen-bond acceptors (Lipinski definition) is 7. The van der Waals surface area contributed by atoms with Crippen molar-refractivity contribution in [2.75, 3.05) is 29.8 Å². The van der Waals surface area contributed by atoms with Gasteiger partial charge in [-0.3, -0.25) is 14.6 Å². The molecule has 1 fully saturated rings. The van der Waals surface area contributed by atoms with Gasteiger partial charge in [-0.15, -0.1) is 0 Å². The van der Waals surface area contributed by atoms with Gasteiger partial charge in [0.2, 0.25) is 0 Å². The van der Waals surface area contributed by atoms with Crippen molar-refractivity contribution in [2.45, 2.75) is 25.4 Å². The number of carbonyl (C=O) groups is 2. The van der Waals surface area contributed by atoms with Gasteiger partial charge in [-0.2, -0.15) is 0 Å².